The predicted molar refractivity (Wildman–Crippen MR) is 116 cm³/mol. The van der Waals surface area contributed by atoms with Crippen LogP contribution in [0.25, 0.3) is 0 Å². The summed E-state index contributed by atoms with van der Waals surface area (Å²) in [7, 11) is 0. The average Bonchev–Trinajstić information content (AvgIpc) is 2.52. The molecule has 0 fully saturated rings. The number of aryl methyl sites for hydroxylation is 2. The van der Waals surface area contributed by atoms with Crippen molar-refractivity contribution in [1.82, 2.24) is 10.6 Å². The highest BCUT2D eigenvalue weighted by molar-refractivity contribution is 14.0. The molecule has 0 saturated carbocycles. The third-order valence-electron chi connectivity index (χ3n) is 3.66. The molecule has 0 bridgehead atoms. The SMILES string of the molecule is CCNC(=NCc1cccc(O)c1)NCCc1cc(C)cc(C)c1.I. The van der Waals surface area contributed by atoms with Gasteiger partial charge in [0.1, 0.15) is 5.75 Å². The molecule has 0 radical (unpaired) electrons. The number of nitrogens with one attached hydrogen (secondary N) is 2. The molecule has 0 amide bonds. The molecule has 0 unspecified atom stereocenters. The van der Waals surface area contributed by atoms with Crippen LogP contribution in [0.3, 0.4) is 0 Å². The maximum atomic E-state index is 9.51. The molecule has 5 heteroatoms. The highest BCUT2D eigenvalue weighted by Gasteiger charge is 2.00. The summed E-state index contributed by atoms with van der Waals surface area (Å²) in [5.41, 5.74) is 4.93. The standard InChI is InChI=1S/C20H27N3O.HI/c1-4-21-20(23-14-18-6-5-7-19(24)13-18)22-9-8-17-11-15(2)10-16(3)12-17;/h5-7,10-13,24H,4,8-9,14H2,1-3H3,(H2,21,22,23);1H. The van der Waals surface area contributed by atoms with Crippen LogP contribution in [-0.4, -0.2) is 24.2 Å². The smallest absolute Gasteiger partial charge is 0.191 e. The van der Waals surface area contributed by atoms with Crippen LogP contribution in [0.2, 0.25) is 0 Å². The number of phenols is 1. The first kappa shape index (κ1) is 21.3. The Labute approximate surface area is 167 Å². The first-order valence-electron chi connectivity index (χ1n) is 8.44. The number of aromatic hydroxyl groups is 1. The number of benzene rings is 2. The van der Waals surface area contributed by atoms with E-state index < -0.39 is 0 Å². The second-order valence-electron chi connectivity index (χ2n) is 6.04. The van der Waals surface area contributed by atoms with Crippen molar-refractivity contribution in [3.8, 4) is 5.75 Å². The Morgan fingerprint density at radius 2 is 1.72 bits per heavy atom. The molecule has 25 heavy (non-hydrogen) atoms. The summed E-state index contributed by atoms with van der Waals surface area (Å²) in [5.74, 6) is 1.07. The van der Waals surface area contributed by atoms with Crippen molar-refractivity contribution in [3.05, 3.63) is 64.7 Å². The first-order valence-corrected chi connectivity index (χ1v) is 8.44. The van der Waals surface area contributed by atoms with Crippen molar-refractivity contribution < 1.29 is 5.11 Å². The molecule has 0 saturated heterocycles. The van der Waals surface area contributed by atoms with Crippen molar-refractivity contribution in [2.24, 2.45) is 4.99 Å². The van der Waals surface area contributed by atoms with Crippen molar-refractivity contribution in [2.45, 2.75) is 33.7 Å². The van der Waals surface area contributed by atoms with E-state index in [0.29, 0.717) is 6.54 Å². The topological polar surface area (TPSA) is 56.7 Å². The van der Waals surface area contributed by atoms with Crippen LogP contribution >= 0.6 is 24.0 Å². The molecule has 0 aliphatic heterocycles. The Balaban J connectivity index is 0.00000312. The number of nitrogens with zero attached hydrogens (tertiary/aromatic N) is 1. The van der Waals surface area contributed by atoms with Crippen molar-refractivity contribution >= 4 is 29.9 Å². The zero-order valence-electron chi connectivity index (χ0n) is 15.2. The van der Waals surface area contributed by atoms with Crippen molar-refractivity contribution in [3.63, 3.8) is 0 Å². The summed E-state index contributed by atoms with van der Waals surface area (Å²) in [5, 5.41) is 16.1. The summed E-state index contributed by atoms with van der Waals surface area (Å²) >= 11 is 0. The molecule has 2 rings (SSSR count). The second-order valence-corrected chi connectivity index (χ2v) is 6.04. The lowest BCUT2D eigenvalue weighted by molar-refractivity contribution is 0.474. The molecule has 0 heterocycles. The fraction of sp³-hybridized carbons (Fsp3) is 0.350. The summed E-state index contributed by atoms with van der Waals surface area (Å²) in [6.45, 7) is 8.49. The number of halogens is 1. The molecule has 0 aliphatic carbocycles. The Kier molecular flexibility index (Phi) is 9.34. The number of hydrogen-bond donors (Lipinski definition) is 3. The minimum Gasteiger partial charge on any atom is -0.508 e. The van der Waals surface area contributed by atoms with Gasteiger partial charge in [-0.3, -0.25) is 0 Å². The quantitative estimate of drug-likeness (QED) is 0.353. The Hall–Kier alpha value is -1.76. The highest BCUT2D eigenvalue weighted by atomic mass is 127. The molecular formula is C20H28IN3O. The molecule has 4 nitrogen and oxygen atoms in total. The van der Waals surface area contributed by atoms with Gasteiger partial charge in [-0.2, -0.15) is 0 Å². The van der Waals surface area contributed by atoms with Gasteiger partial charge >= 0.3 is 0 Å². The van der Waals surface area contributed by atoms with Gasteiger partial charge in [0.15, 0.2) is 5.96 Å². The molecular weight excluding hydrogens is 425 g/mol. The Morgan fingerprint density at radius 3 is 2.36 bits per heavy atom. The highest BCUT2D eigenvalue weighted by Crippen LogP contribution is 2.11. The van der Waals surface area contributed by atoms with E-state index in [1.165, 1.54) is 16.7 Å². The lowest BCUT2D eigenvalue weighted by Gasteiger charge is -2.12. The molecule has 3 N–H and O–H groups in total. The summed E-state index contributed by atoms with van der Waals surface area (Å²) < 4.78 is 0. The summed E-state index contributed by atoms with van der Waals surface area (Å²) in [6.07, 6.45) is 0.957. The Morgan fingerprint density at radius 1 is 1.00 bits per heavy atom. The molecule has 2 aromatic rings. The van der Waals surface area contributed by atoms with E-state index in [1.807, 2.05) is 12.1 Å². The van der Waals surface area contributed by atoms with E-state index in [1.54, 1.807) is 12.1 Å². The van der Waals surface area contributed by atoms with Crippen LogP contribution in [0.1, 0.15) is 29.2 Å². The van der Waals surface area contributed by atoms with Crippen molar-refractivity contribution in [2.75, 3.05) is 13.1 Å². The number of rotatable bonds is 6. The zero-order chi connectivity index (χ0) is 17.4. The number of hydrogen-bond acceptors (Lipinski definition) is 2. The zero-order valence-corrected chi connectivity index (χ0v) is 17.5. The maximum absolute atomic E-state index is 9.51. The number of phenolic OH excluding ortho intramolecular Hbond substituents is 1. The molecule has 0 aromatic heterocycles. The van der Waals surface area contributed by atoms with Gasteiger partial charge in [-0.25, -0.2) is 4.99 Å². The molecule has 136 valence electrons. The van der Waals surface area contributed by atoms with Crippen LogP contribution in [0.5, 0.6) is 5.75 Å². The molecule has 0 aliphatic rings. The number of guanidine groups is 1. The Bertz CT molecular complexity index is 681. The van der Waals surface area contributed by atoms with E-state index in [9.17, 15) is 5.11 Å². The van der Waals surface area contributed by atoms with Crippen LogP contribution in [0.4, 0.5) is 0 Å². The van der Waals surface area contributed by atoms with E-state index in [-0.39, 0.29) is 29.7 Å². The fourth-order valence-electron chi connectivity index (χ4n) is 2.71. The average molecular weight is 453 g/mol. The second kappa shape index (κ2) is 11.0. The minimum atomic E-state index is 0. The van der Waals surface area contributed by atoms with Gasteiger partial charge in [-0.15, -0.1) is 24.0 Å². The third-order valence-corrected chi connectivity index (χ3v) is 3.66. The minimum absolute atomic E-state index is 0. The van der Waals surface area contributed by atoms with Gasteiger partial charge in [0.2, 0.25) is 0 Å². The lowest BCUT2D eigenvalue weighted by Crippen LogP contribution is -2.38. The summed E-state index contributed by atoms with van der Waals surface area (Å²) in [4.78, 5) is 4.57. The van der Waals surface area contributed by atoms with E-state index in [4.69, 9.17) is 0 Å². The van der Waals surface area contributed by atoms with Crippen molar-refractivity contribution in [1.29, 1.82) is 0 Å². The van der Waals surface area contributed by atoms with Crippen LogP contribution in [0.15, 0.2) is 47.5 Å². The molecule has 2 aromatic carbocycles. The maximum Gasteiger partial charge on any atom is 0.191 e. The van der Waals surface area contributed by atoms with Crippen LogP contribution in [-0.2, 0) is 13.0 Å². The lowest BCUT2D eigenvalue weighted by atomic mass is 10.1. The monoisotopic (exact) mass is 453 g/mol. The van der Waals surface area contributed by atoms with Gasteiger partial charge in [-0.05, 0) is 50.5 Å². The van der Waals surface area contributed by atoms with E-state index >= 15 is 0 Å². The van der Waals surface area contributed by atoms with Gasteiger partial charge in [0.25, 0.3) is 0 Å². The van der Waals surface area contributed by atoms with Gasteiger partial charge in [0, 0.05) is 13.1 Å². The van der Waals surface area contributed by atoms with Crippen LogP contribution in [0, 0.1) is 13.8 Å². The van der Waals surface area contributed by atoms with Gasteiger partial charge in [0.05, 0.1) is 6.54 Å². The summed E-state index contributed by atoms with van der Waals surface area (Å²) in [6, 6.07) is 13.8. The van der Waals surface area contributed by atoms with Gasteiger partial charge in [-0.1, -0.05) is 41.5 Å². The van der Waals surface area contributed by atoms with Gasteiger partial charge < -0.3 is 15.7 Å². The van der Waals surface area contributed by atoms with Crippen LogP contribution < -0.4 is 10.6 Å². The normalized spacial score (nSPS) is 10.9. The number of aliphatic imine (C=N–C) groups is 1. The molecule has 0 spiro atoms. The molecule has 0 atom stereocenters. The fourth-order valence-corrected chi connectivity index (χ4v) is 2.71. The predicted octanol–water partition coefficient (Wildman–Crippen LogP) is 3.92. The largest absolute Gasteiger partial charge is 0.508 e. The third kappa shape index (κ3) is 7.77. The van der Waals surface area contributed by atoms with E-state index in [2.05, 4.69) is 54.6 Å². The van der Waals surface area contributed by atoms with E-state index in [0.717, 1.165) is 31.0 Å². The first-order chi connectivity index (χ1) is 11.6.